The van der Waals surface area contributed by atoms with Crippen LogP contribution < -0.4 is 10.4 Å². The first-order valence-corrected chi connectivity index (χ1v) is 11.6. The van der Waals surface area contributed by atoms with Crippen molar-refractivity contribution >= 4 is 17.9 Å². The fourth-order valence-electron chi connectivity index (χ4n) is 3.93. The van der Waals surface area contributed by atoms with E-state index in [-0.39, 0.29) is 18.5 Å². The molecule has 2 aliphatic heterocycles. The van der Waals surface area contributed by atoms with Gasteiger partial charge in [0, 0.05) is 51.6 Å². The molecule has 4 rings (SSSR count). The van der Waals surface area contributed by atoms with E-state index in [1.807, 2.05) is 17.1 Å². The molecule has 34 heavy (non-hydrogen) atoms. The number of aromatic nitrogens is 2. The van der Waals surface area contributed by atoms with Crippen LogP contribution >= 0.6 is 0 Å². The predicted octanol–water partition coefficient (Wildman–Crippen LogP) is 2.00. The SMILES string of the molecule is O=C(NOC1CCCCO1)c1cnc(N2CCN(C(/C=C/c3ccc(F)cc3)CO)CC2)nc1. The van der Waals surface area contributed by atoms with Gasteiger partial charge < -0.3 is 14.7 Å². The van der Waals surface area contributed by atoms with Crippen molar-refractivity contribution in [2.24, 2.45) is 0 Å². The highest BCUT2D eigenvalue weighted by molar-refractivity contribution is 5.92. The number of piperazine rings is 1. The van der Waals surface area contributed by atoms with Crippen molar-refractivity contribution in [1.29, 1.82) is 0 Å². The third-order valence-corrected chi connectivity index (χ3v) is 5.96. The highest BCUT2D eigenvalue weighted by Gasteiger charge is 2.23. The van der Waals surface area contributed by atoms with Crippen molar-refractivity contribution < 1.29 is 23.9 Å². The van der Waals surface area contributed by atoms with Gasteiger partial charge in [-0.3, -0.25) is 9.69 Å². The van der Waals surface area contributed by atoms with Crippen LogP contribution in [0.3, 0.4) is 0 Å². The van der Waals surface area contributed by atoms with Crippen LogP contribution in [-0.4, -0.2) is 77.6 Å². The average molecular weight is 472 g/mol. The smallest absolute Gasteiger partial charge is 0.278 e. The number of hydrogen-bond acceptors (Lipinski definition) is 8. The molecule has 1 aromatic carbocycles. The number of carbonyl (C=O) groups excluding carboxylic acids is 1. The zero-order valence-corrected chi connectivity index (χ0v) is 19.0. The standard InChI is InChI=1S/C24H30FN5O4/c25-20-7-4-18(5-8-20)6-9-21(17-31)29-10-12-30(13-11-29)24-26-15-19(16-27-24)23(32)28-34-22-3-1-2-14-33-22/h4-9,15-16,21-22,31H,1-3,10-14,17H2,(H,28,32)/b9-6+. The summed E-state index contributed by atoms with van der Waals surface area (Å²) in [5.41, 5.74) is 3.60. The molecule has 1 amide bonds. The number of halogens is 1. The van der Waals surface area contributed by atoms with Gasteiger partial charge in [0.1, 0.15) is 5.82 Å². The molecule has 0 saturated carbocycles. The normalized spacial score (nSPS) is 20.4. The molecule has 0 aliphatic carbocycles. The van der Waals surface area contributed by atoms with Gasteiger partial charge in [0.05, 0.1) is 18.2 Å². The highest BCUT2D eigenvalue weighted by Crippen LogP contribution is 2.15. The number of hydroxylamine groups is 1. The molecular formula is C24H30FN5O4. The molecule has 182 valence electrons. The van der Waals surface area contributed by atoms with E-state index in [9.17, 15) is 14.3 Å². The largest absolute Gasteiger partial charge is 0.394 e. The number of ether oxygens (including phenoxy) is 1. The van der Waals surface area contributed by atoms with Gasteiger partial charge in [-0.2, -0.15) is 0 Å². The van der Waals surface area contributed by atoms with Gasteiger partial charge in [-0.15, -0.1) is 0 Å². The zero-order valence-electron chi connectivity index (χ0n) is 19.0. The molecule has 2 aromatic rings. The predicted molar refractivity (Wildman–Crippen MR) is 124 cm³/mol. The molecule has 2 fully saturated rings. The minimum Gasteiger partial charge on any atom is -0.394 e. The van der Waals surface area contributed by atoms with Gasteiger partial charge in [-0.05, 0) is 30.5 Å². The molecule has 2 atom stereocenters. The number of benzene rings is 1. The first-order chi connectivity index (χ1) is 16.6. The highest BCUT2D eigenvalue weighted by atomic mass is 19.1. The lowest BCUT2D eigenvalue weighted by Crippen LogP contribution is -2.51. The Hall–Kier alpha value is -2.92. The maximum absolute atomic E-state index is 13.1. The van der Waals surface area contributed by atoms with Gasteiger partial charge in [0.2, 0.25) is 5.95 Å². The fourth-order valence-corrected chi connectivity index (χ4v) is 3.93. The minimum absolute atomic E-state index is 0.00796. The maximum atomic E-state index is 13.1. The van der Waals surface area contributed by atoms with Crippen LogP contribution in [-0.2, 0) is 9.57 Å². The first kappa shape index (κ1) is 24.2. The van der Waals surface area contributed by atoms with Crippen LogP contribution in [0.25, 0.3) is 6.08 Å². The minimum atomic E-state index is -0.414. The first-order valence-electron chi connectivity index (χ1n) is 11.6. The molecule has 2 unspecified atom stereocenters. The second-order valence-corrected chi connectivity index (χ2v) is 8.30. The zero-order chi connectivity index (χ0) is 23.8. The lowest BCUT2D eigenvalue weighted by atomic mass is 10.1. The topological polar surface area (TPSA) is 100 Å². The summed E-state index contributed by atoms with van der Waals surface area (Å²) in [5, 5.41) is 9.85. The van der Waals surface area contributed by atoms with Crippen molar-refractivity contribution in [3.8, 4) is 0 Å². The Morgan fingerprint density at radius 2 is 1.94 bits per heavy atom. The van der Waals surface area contributed by atoms with Crippen molar-refractivity contribution in [3.05, 3.63) is 59.7 Å². The Kier molecular flexibility index (Phi) is 8.53. The number of aliphatic hydroxyl groups excluding tert-OH is 1. The van der Waals surface area contributed by atoms with Gasteiger partial charge >= 0.3 is 0 Å². The van der Waals surface area contributed by atoms with Crippen molar-refractivity contribution in [2.75, 3.05) is 44.3 Å². The van der Waals surface area contributed by atoms with Crippen LogP contribution in [0.1, 0.15) is 35.2 Å². The maximum Gasteiger partial charge on any atom is 0.278 e. The summed E-state index contributed by atoms with van der Waals surface area (Å²) < 4.78 is 18.5. The lowest BCUT2D eigenvalue weighted by molar-refractivity contribution is -0.186. The molecule has 2 N–H and O–H groups in total. The summed E-state index contributed by atoms with van der Waals surface area (Å²) in [6.07, 6.45) is 9.15. The van der Waals surface area contributed by atoms with E-state index >= 15 is 0 Å². The molecule has 2 aliphatic rings. The number of amides is 1. The van der Waals surface area contributed by atoms with E-state index in [4.69, 9.17) is 9.57 Å². The van der Waals surface area contributed by atoms with Crippen molar-refractivity contribution in [2.45, 2.75) is 31.6 Å². The molecule has 0 spiro atoms. The molecular weight excluding hydrogens is 441 g/mol. The molecule has 3 heterocycles. The average Bonchev–Trinajstić information content (AvgIpc) is 2.90. The van der Waals surface area contributed by atoms with Gasteiger partial charge in [-0.25, -0.2) is 24.7 Å². The Balaban J connectivity index is 1.26. The molecule has 10 heteroatoms. The van der Waals surface area contributed by atoms with E-state index in [0.29, 0.717) is 31.2 Å². The van der Waals surface area contributed by atoms with E-state index in [1.54, 1.807) is 12.1 Å². The Bertz CT molecular complexity index is 943. The van der Waals surface area contributed by atoms with E-state index in [1.165, 1.54) is 24.5 Å². The summed E-state index contributed by atoms with van der Waals surface area (Å²) in [6.45, 7) is 3.45. The van der Waals surface area contributed by atoms with Crippen LogP contribution in [0.5, 0.6) is 0 Å². The Morgan fingerprint density at radius 3 is 2.59 bits per heavy atom. The number of rotatable bonds is 8. The quantitative estimate of drug-likeness (QED) is 0.564. The summed E-state index contributed by atoms with van der Waals surface area (Å²) >= 11 is 0. The van der Waals surface area contributed by atoms with Crippen LogP contribution in [0.4, 0.5) is 10.3 Å². The van der Waals surface area contributed by atoms with Crippen LogP contribution in [0, 0.1) is 5.82 Å². The number of carbonyl (C=O) groups is 1. The molecule has 2 saturated heterocycles. The van der Waals surface area contributed by atoms with Crippen LogP contribution in [0.15, 0.2) is 42.7 Å². The Labute approximate surface area is 198 Å². The summed E-state index contributed by atoms with van der Waals surface area (Å²) in [7, 11) is 0. The van der Waals surface area contributed by atoms with E-state index in [2.05, 4.69) is 20.3 Å². The second-order valence-electron chi connectivity index (χ2n) is 8.30. The number of hydrogen-bond donors (Lipinski definition) is 2. The summed E-state index contributed by atoms with van der Waals surface area (Å²) in [5.74, 6) is -0.135. The van der Waals surface area contributed by atoms with Crippen molar-refractivity contribution in [1.82, 2.24) is 20.3 Å². The van der Waals surface area contributed by atoms with E-state index in [0.717, 1.165) is 37.9 Å². The summed E-state index contributed by atoms with van der Waals surface area (Å²) in [4.78, 5) is 30.5. The third-order valence-electron chi connectivity index (χ3n) is 5.96. The molecule has 0 radical (unpaired) electrons. The van der Waals surface area contributed by atoms with Gasteiger partial charge in [0.25, 0.3) is 5.91 Å². The monoisotopic (exact) mass is 471 g/mol. The Morgan fingerprint density at radius 1 is 1.21 bits per heavy atom. The molecule has 0 bridgehead atoms. The number of anilines is 1. The van der Waals surface area contributed by atoms with Crippen molar-refractivity contribution in [3.63, 3.8) is 0 Å². The number of nitrogens with zero attached hydrogens (tertiary/aromatic N) is 4. The van der Waals surface area contributed by atoms with Crippen LogP contribution in [0.2, 0.25) is 0 Å². The number of nitrogens with one attached hydrogen (secondary N) is 1. The molecule has 1 aromatic heterocycles. The third kappa shape index (κ3) is 6.57. The number of aliphatic hydroxyl groups is 1. The summed E-state index contributed by atoms with van der Waals surface area (Å²) in [6, 6.07) is 6.11. The van der Waals surface area contributed by atoms with Gasteiger partial charge in [0.15, 0.2) is 6.29 Å². The second kappa shape index (κ2) is 12.0. The fraction of sp³-hybridized carbons (Fsp3) is 0.458. The van der Waals surface area contributed by atoms with E-state index < -0.39 is 12.2 Å². The lowest BCUT2D eigenvalue weighted by Gasteiger charge is -2.37. The molecule has 9 nitrogen and oxygen atoms in total. The van der Waals surface area contributed by atoms with Gasteiger partial charge in [-0.1, -0.05) is 24.3 Å².